The standard InChI is InChI=1S/C13H15N7O2S/c1-13(2,3)16-10(21)7-5-23-11(15-7)8-9-17-18-19(4)12(22)20(9)6-14-8/h5-6H,1-4H3,(H,16,21). The second-order valence-corrected chi connectivity index (χ2v) is 6.88. The van der Waals surface area contributed by atoms with Crippen LogP contribution in [0.25, 0.3) is 16.3 Å². The number of carbonyl (C=O) groups excluding carboxylic acids is 1. The van der Waals surface area contributed by atoms with Crippen LogP contribution in [0.15, 0.2) is 16.5 Å². The Bertz CT molecular complexity index is 947. The number of amides is 1. The van der Waals surface area contributed by atoms with Crippen molar-refractivity contribution in [1.82, 2.24) is 34.7 Å². The van der Waals surface area contributed by atoms with Gasteiger partial charge in [0.1, 0.15) is 22.7 Å². The molecule has 0 saturated carbocycles. The number of nitrogens with zero attached hydrogens (tertiary/aromatic N) is 6. The fourth-order valence-corrected chi connectivity index (χ4v) is 2.71. The van der Waals surface area contributed by atoms with Gasteiger partial charge >= 0.3 is 5.69 Å². The molecule has 23 heavy (non-hydrogen) atoms. The van der Waals surface area contributed by atoms with E-state index in [4.69, 9.17) is 0 Å². The van der Waals surface area contributed by atoms with Gasteiger partial charge in [-0.05, 0) is 20.8 Å². The minimum absolute atomic E-state index is 0.259. The fourth-order valence-electron chi connectivity index (χ4n) is 1.92. The van der Waals surface area contributed by atoms with Crippen LogP contribution in [0.1, 0.15) is 31.3 Å². The van der Waals surface area contributed by atoms with Crippen molar-refractivity contribution in [2.75, 3.05) is 0 Å². The number of imidazole rings is 1. The highest BCUT2D eigenvalue weighted by Crippen LogP contribution is 2.24. The van der Waals surface area contributed by atoms with E-state index < -0.39 is 0 Å². The smallest absolute Gasteiger partial charge is 0.346 e. The van der Waals surface area contributed by atoms with Gasteiger partial charge in [0, 0.05) is 18.0 Å². The lowest BCUT2D eigenvalue weighted by molar-refractivity contribution is 0.0915. The van der Waals surface area contributed by atoms with Crippen molar-refractivity contribution in [3.8, 4) is 10.7 Å². The van der Waals surface area contributed by atoms with Crippen molar-refractivity contribution in [2.24, 2.45) is 7.05 Å². The Morgan fingerprint density at radius 1 is 1.35 bits per heavy atom. The van der Waals surface area contributed by atoms with Crippen molar-refractivity contribution in [3.63, 3.8) is 0 Å². The van der Waals surface area contributed by atoms with Crippen molar-refractivity contribution in [3.05, 3.63) is 27.9 Å². The third-order valence-electron chi connectivity index (χ3n) is 2.93. The summed E-state index contributed by atoms with van der Waals surface area (Å²) >= 11 is 1.26. The van der Waals surface area contributed by atoms with Crippen LogP contribution in [0.5, 0.6) is 0 Å². The molecule has 0 radical (unpaired) electrons. The van der Waals surface area contributed by atoms with E-state index in [9.17, 15) is 9.59 Å². The second kappa shape index (κ2) is 5.23. The van der Waals surface area contributed by atoms with E-state index in [0.29, 0.717) is 22.0 Å². The molecule has 3 heterocycles. The van der Waals surface area contributed by atoms with E-state index in [0.717, 1.165) is 4.68 Å². The molecule has 0 fully saturated rings. The molecular formula is C13H15N7O2S. The van der Waals surface area contributed by atoms with Crippen LogP contribution in [-0.4, -0.2) is 40.8 Å². The van der Waals surface area contributed by atoms with Crippen molar-refractivity contribution in [1.29, 1.82) is 0 Å². The first-order valence-electron chi connectivity index (χ1n) is 6.82. The zero-order valence-corrected chi connectivity index (χ0v) is 13.9. The maximum Gasteiger partial charge on any atom is 0.352 e. The Labute approximate surface area is 135 Å². The highest BCUT2D eigenvalue weighted by atomic mass is 32.1. The monoisotopic (exact) mass is 333 g/mol. The van der Waals surface area contributed by atoms with Crippen molar-refractivity contribution >= 4 is 22.9 Å². The average molecular weight is 333 g/mol. The molecule has 0 bridgehead atoms. The first kappa shape index (κ1) is 15.3. The van der Waals surface area contributed by atoms with E-state index in [2.05, 4.69) is 25.6 Å². The van der Waals surface area contributed by atoms with Crippen molar-refractivity contribution < 1.29 is 4.79 Å². The molecule has 0 saturated heterocycles. The van der Waals surface area contributed by atoms with E-state index in [-0.39, 0.29) is 17.1 Å². The summed E-state index contributed by atoms with van der Waals surface area (Å²) < 4.78 is 2.40. The summed E-state index contributed by atoms with van der Waals surface area (Å²) in [5.74, 6) is -0.259. The van der Waals surface area contributed by atoms with Gasteiger partial charge < -0.3 is 5.32 Å². The highest BCUT2D eigenvalue weighted by molar-refractivity contribution is 7.13. The number of hydrogen-bond donors (Lipinski definition) is 1. The van der Waals surface area contributed by atoms with Gasteiger partial charge in [0.15, 0.2) is 5.65 Å². The molecule has 0 aliphatic heterocycles. The summed E-state index contributed by atoms with van der Waals surface area (Å²) in [5.41, 5.74) is 0.341. The lowest BCUT2D eigenvalue weighted by atomic mass is 10.1. The number of aryl methyl sites for hydroxylation is 1. The van der Waals surface area contributed by atoms with Crippen LogP contribution in [0.2, 0.25) is 0 Å². The maximum atomic E-state index is 12.1. The minimum atomic E-state index is -0.351. The van der Waals surface area contributed by atoms with Crippen LogP contribution in [-0.2, 0) is 7.05 Å². The average Bonchev–Trinajstić information content (AvgIpc) is 3.07. The number of carbonyl (C=O) groups is 1. The summed E-state index contributed by atoms with van der Waals surface area (Å²) in [6.07, 6.45) is 1.37. The van der Waals surface area contributed by atoms with Crippen LogP contribution < -0.4 is 11.0 Å². The van der Waals surface area contributed by atoms with E-state index in [1.165, 1.54) is 29.1 Å². The van der Waals surface area contributed by atoms with Crippen LogP contribution in [0.4, 0.5) is 0 Å². The second-order valence-electron chi connectivity index (χ2n) is 6.02. The Hall–Kier alpha value is -2.62. The molecule has 1 amide bonds. The zero-order valence-electron chi connectivity index (χ0n) is 13.1. The molecule has 10 heteroatoms. The first-order chi connectivity index (χ1) is 10.8. The predicted octanol–water partition coefficient (Wildman–Crippen LogP) is 0.475. The molecule has 0 atom stereocenters. The van der Waals surface area contributed by atoms with Gasteiger partial charge in [-0.25, -0.2) is 19.2 Å². The summed E-state index contributed by atoms with van der Waals surface area (Å²) in [7, 11) is 1.51. The van der Waals surface area contributed by atoms with Gasteiger partial charge in [-0.15, -0.1) is 16.4 Å². The topological polar surface area (TPSA) is 107 Å². The Morgan fingerprint density at radius 2 is 2.09 bits per heavy atom. The molecule has 3 aromatic rings. The molecule has 120 valence electrons. The number of aromatic nitrogens is 6. The maximum absolute atomic E-state index is 12.1. The van der Waals surface area contributed by atoms with Crippen LogP contribution in [0, 0.1) is 0 Å². The van der Waals surface area contributed by atoms with Gasteiger partial charge in [-0.3, -0.25) is 4.79 Å². The summed E-state index contributed by atoms with van der Waals surface area (Å²) in [5, 5.41) is 12.7. The lowest BCUT2D eigenvalue weighted by Crippen LogP contribution is -2.40. The molecule has 1 N–H and O–H groups in total. The van der Waals surface area contributed by atoms with E-state index in [1.54, 1.807) is 5.38 Å². The first-order valence-corrected chi connectivity index (χ1v) is 7.70. The largest absolute Gasteiger partial charge is 0.352 e. The summed E-state index contributed by atoms with van der Waals surface area (Å²) in [6, 6.07) is 0. The number of fused-ring (bicyclic) bond motifs is 1. The van der Waals surface area contributed by atoms with Gasteiger partial charge in [0.25, 0.3) is 5.91 Å². The molecule has 0 unspecified atom stereocenters. The van der Waals surface area contributed by atoms with E-state index in [1.807, 2.05) is 20.8 Å². The van der Waals surface area contributed by atoms with Gasteiger partial charge in [0.2, 0.25) is 0 Å². The Balaban J connectivity index is 2.00. The van der Waals surface area contributed by atoms with Crippen LogP contribution >= 0.6 is 11.3 Å². The van der Waals surface area contributed by atoms with Gasteiger partial charge in [0.05, 0.1) is 0 Å². The number of rotatable bonds is 2. The third kappa shape index (κ3) is 2.84. The summed E-state index contributed by atoms with van der Waals surface area (Å²) in [6.45, 7) is 5.69. The highest BCUT2D eigenvalue weighted by Gasteiger charge is 2.20. The van der Waals surface area contributed by atoms with Gasteiger partial charge in [-0.2, -0.15) is 4.68 Å². The summed E-state index contributed by atoms with van der Waals surface area (Å²) in [4.78, 5) is 32.5. The predicted molar refractivity (Wildman–Crippen MR) is 84.4 cm³/mol. The van der Waals surface area contributed by atoms with Gasteiger partial charge in [-0.1, -0.05) is 5.21 Å². The Morgan fingerprint density at radius 3 is 2.78 bits per heavy atom. The number of hydrogen-bond acceptors (Lipinski definition) is 7. The zero-order chi connectivity index (χ0) is 16.8. The number of nitrogens with one attached hydrogen (secondary N) is 1. The molecule has 3 aromatic heterocycles. The molecule has 0 aliphatic carbocycles. The Kier molecular flexibility index (Phi) is 3.48. The third-order valence-corrected chi connectivity index (χ3v) is 3.78. The normalized spacial score (nSPS) is 11.8. The van der Waals surface area contributed by atoms with Crippen molar-refractivity contribution in [2.45, 2.75) is 26.3 Å². The molecular weight excluding hydrogens is 318 g/mol. The quantitative estimate of drug-likeness (QED) is 0.731. The molecule has 0 aliphatic rings. The minimum Gasteiger partial charge on any atom is -0.346 e. The lowest BCUT2D eigenvalue weighted by Gasteiger charge is -2.19. The SMILES string of the molecule is Cn1nnc2c(-c3nc(C(=O)NC(C)(C)C)cs3)ncn2c1=O. The number of thiazole rings is 1. The van der Waals surface area contributed by atoms with Crippen LogP contribution in [0.3, 0.4) is 0 Å². The molecule has 0 spiro atoms. The van der Waals surface area contributed by atoms with E-state index >= 15 is 0 Å². The molecule has 9 nitrogen and oxygen atoms in total. The fraction of sp³-hybridized carbons (Fsp3) is 0.385. The molecule has 3 rings (SSSR count). The molecule has 0 aromatic carbocycles.